The largest absolute Gasteiger partial charge is 0.481 e. The van der Waals surface area contributed by atoms with E-state index in [9.17, 15) is 9.59 Å². The number of amides is 2. The molecule has 1 fully saturated rings. The number of rotatable bonds is 5. The summed E-state index contributed by atoms with van der Waals surface area (Å²) in [7, 11) is 0. The van der Waals surface area contributed by atoms with Crippen molar-refractivity contribution in [3.05, 3.63) is 17.0 Å². The Hall–Kier alpha value is -2.05. The molecule has 1 aliphatic heterocycles. The van der Waals surface area contributed by atoms with E-state index in [2.05, 4.69) is 10.5 Å². The van der Waals surface area contributed by atoms with E-state index in [-0.39, 0.29) is 18.5 Å². The van der Waals surface area contributed by atoms with E-state index < -0.39 is 5.97 Å². The molecule has 122 valence electrons. The fraction of sp³-hybridized carbons (Fsp3) is 0.667. The van der Waals surface area contributed by atoms with Gasteiger partial charge in [0.1, 0.15) is 5.76 Å². The van der Waals surface area contributed by atoms with Crippen LogP contribution in [0.5, 0.6) is 0 Å². The van der Waals surface area contributed by atoms with Crippen LogP contribution in [0.15, 0.2) is 4.52 Å². The van der Waals surface area contributed by atoms with Gasteiger partial charge in [-0.3, -0.25) is 4.79 Å². The molecule has 2 amide bonds. The fourth-order valence-corrected chi connectivity index (χ4v) is 2.88. The molecule has 1 aromatic rings. The summed E-state index contributed by atoms with van der Waals surface area (Å²) >= 11 is 0. The molecule has 0 bridgehead atoms. The number of urea groups is 1. The van der Waals surface area contributed by atoms with E-state index in [0.717, 1.165) is 30.5 Å². The van der Waals surface area contributed by atoms with Crippen molar-refractivity contribution in [3.8, 4) is 0 Å². The summed E-state index contributed by atoms with van der Waals surface area (Å²) in [5, 5.41) is 15.6. The number of aryl methyl sites for hydroxylation is 2. The number of likely N-dealkylation sites (tertiary alicyclic amines) is 1. The van der Waals surface area contributed by atoms with Crippen molar-refractivity contribution in [2.24, 2.45) is 0 Å². The number of nitrogens with zero attached hydrogens (tertiary/aromatic N) is 2. The second kappa shape index (κ2) is 7.29. The summed E-state index contributed by atoms with van der Waals surface area (Å²) in [5.41, 5.74) is 1.67. The molecule has 2 heterocycles. The van der Waals surface area contributed by atoms with Gasteiger partial charge in [0.25, 0.3) is 0 Å². The quantitative estimate of drug-likeness (QED) is 0.869. The lowest BCUT2D eigenvalue weighted by Gasteiger charge is -2.35. The number of nitrogens with one attached hydrogen (secondary N) is 1. The average molecular weight is 309 g/mol. The van der Waals surface area contributed by atoms with Gasteiger partial charge in [0.05, 0.1) is 5.69 Å². The first-order valence-corrected chi connectivity index (χ1v) is 7.67. The van der Waals surface area contributed by atoms with Crippen LogP contribution >= 0.6 is 0 Å². The van der Waals surface area contributed by atoms with E-state index in [1.54, 1.807) is 4.90 Å². The van der Waals surface area contributed by atoms with E-state index in [1.807, 2.05) is 13.8 Å². The molecule has 0 saturated carbocycles. The highest BCUT2D eigenvalue weighted by molar-refractivity contribution is 5.75. The second-order valence-electron chi connectivity index (χ2n) is 5.74. The molecule has 1 atom stereocenters. The highest BCUT2D eigenvalue weighted by Gasteiger charge is 2.27. The Morgan fingerprint density at radius 2 is 2.18 bits per heavy atom. The van der Waals surface area contributed by atoms with Crippen molar-refractivity contribution in [3.63, 3.8) is 0 Å². The molecular formula is C15H23N3O4. The monoisotopic (exact) mass is 309 g/mol. The molecule has 0 aliphatic carbocycles. The van der Waals surface area contributed by atoms with Crippen LogP contribution in [0.3, 0.4) is 0 Å². The van der Waals surface area contributed by atoms with Gasteiger partial charge in [-0.25, -0.2) is 4.79 Å². The predicted molar refractivity (Wildman–Crippen MR) is 79.4 cm³/mol. The third kappa shape index (κ3) is 3.99. The topological polar surface area (TPSA) is 95.7 Å². The number of carboxylic acids is 1. The van der Waals surface area contributed by atoms with Crippen molar-refractivity contribution in [2.75, 3.05) is 6.54 Å². The number of aliphatic carboxylic acids is 1. The van der Waals surface area contributed by atoms with Gasteiger partial charge in [-0.05, 0) is 39.5 Å². The van der Waals surface area contributed by atoms with Crippen molar-refractivity contribution in [1.82, 2.24) is 15.4 Å². The summed E-state index contributed by atoms with van der Waals surface area (Å²) in [4.78, 5) is 24.9. The van der Waals surface area contributed by atoms with Crippen molar-refractivity contribution < 1.29 is 19.2 Å². The number of carbonyl (C=O) groups is 2. The van der Waals surface area contributed by atoms with Crippen molar-refractivity contribution in [1.29, 1.82) is 0 Å². The van der Waals surface area contributed by atoms with Crippen LogP contribution in [0.1, 0.15) is 49.1 Å². The molecule has 2 N–H and O–H groups in total. The zero-order valence-electron chi connectivity index (χ0n) is 13.1. The minimum Gasteiger partial charge on any atom is -0.481 e. The van der Waals surface area contributed by atoms with Crippen LogP contribution in [-0.2, 0) is 11.3 Å². The fourth-order valence-electron chi connectivity index (χ4n) is 2.88. The first kappa shape index (κ1) is 16.3. The SMILES string of the molecule is Cc1noc(C)c1CNC(=O)N1CCCCC1CCC(=O)O. The molecule has 0 radical (unpaired) electrons. The molecule has 1 saturated heterocycles. The average Bonchev–Trinajstić information content (AvgIpc) is 2.82. The Morgan fingerprint density at radius 3 is 2.82 bits per heavy atom. The molecule has 0 aromatic carbocycles. The molecule has 2 rings (SSSR count). The predicted octanol–water partition coefficient (Wildman–Crippen LogP) is 2.22. The maximum Gasteiger partial charge on any atom is 0.317 e. The second-order valence-corrected chi connectivity index (χ2v) is 5.74. The maximum absolute atomic E-state index is 12.4. The van der Waals surface area contributed by atoms with E-state index in [0.29, 0.717) is 25.3 Å². The van der Waals surface area contributed by atoms with Crippen LogP contribution in [0.2, 0.25) is 0 Å². The van der Waals surface area contributed by atoms with E-state index in [1.165, 1.54) is 0 Å². The van der Waals surface area contributed by atoms with E-state index >= 15 is 0 Å². The lowest BCUT2D eigenvalue weighted by atomic mass is 9.98. The number of carbonyl (C=O) groups excluding carboxylic acids is 1. The van der Waals surface area contributed by atoms with Gasteiger partial charge >= 0.3 is 12.0 Å². The third-order valence-electron chi connectivity index (χ3n) is 4.18. The highest BCUT2D eigenvalue weighted by atomic mass is 16.5. The number of aromatic nitrogens is 1. The lowest BCUT2D eigenvalue weighted by Crippen LogP contribution is -2.48. The summed E-state index contributed by atoms with van der Waals surface area (Å²) in [6.45, 7) is 4.71. The summed E-state index contributed by atoms with van der Waals surface area (Å²) in [5.74, 6) is -0.111. The summed E-state index contributed by atoms with van der Waals surface area (Å²) in [6.07, 6.45) is 3.47. The smallest absolute Gasteiger partial charge is 0.317 e. The van der Waals surface area contributed by atoms with Crippen LogP contribution in [0, 0.1) is 13.8 Å². The Bertz CT molecular complexity index is 521. The summed E-state index contributed by atoms with van der Waals surface area (Å²) in [6, 6.07) is -0.135. The van der Waals surface area contributed by atoms with Gasteiger partial charge in [0, 0.05) is 31.1 Å². The lowest BCUT2D eigenvalue weighted by molar-refractivity contribution is -0.137. The zero-order chi connectivity index (χ0) is 16.1. The molecule has 7 heteroatoms. The Kier molecular flexibility index (Phi) is 5.41. The van der Waals surface area contributed by atoms with Gasteiger partial charge in [0.2, 0.25) is 0 Å². The summed E-state index contributed by atoms with van der Waals surface area (Å²) < 4.78 is 5.08. The first-order chi connectivity index (χ1) is 10.5. The van der Waals surface area contributed by atoms with Gasteiger partial charge in [-0.15, -0.1) is 0 Å². The van der Waals surface area contributed by atoms with Gasteiger partial charge in [-0.1, -0.05) is 5.16 Å². The molecule has 0 spiro atoms. The minimum absolute atomic E-state index is 0.00881. The van der Waals surface area contributed by atoms with Gasteiger partial charge < -0.3 is 19.8 Å². The third-order valence-corrected chi connectivity index (χ3v) is 4.18. The molecule has 1 aliphatic rings. The number of carboxylic acid groups (broad SMARTS) is 1. The van der Waals surface area contributed by atoms with Crippen LogP contribution in [0.25, 0.3) is 0 Å². The molecular weight excluding hydrogens is 286 g/mol. The number of piperidine rings is 1. The highest BCUT2D eigenvalue weighted by Crippen LogP contribution is 2.21. The first-order valence-electron chi connectivity index (χ1n) is 7.67. The Balaban J connectivity index is 1.92. The maximum atomic E-state index is 12.4. The van der Waals surface area contributed by atoms with Crippen LogP contribution in [0.4, 0.5) is 4.79 Å². The van der Waals surface area contributed by atoms with Gasteiger partial charge in [-0.2, -0.15) is 0 Å². The standard InChI is InChI=1S/C15H23N3O4/c1-10-13(11(2)22-17-10)9-16-15(21)18-8-4-3-5-12(18)6-7-14(19)20/h12H,3-9H2,1-2H3,(H,16,21)(H,19,20). The van der Waals surface area contributed by atoms with Crippen LogP contribution in [-0.4, -0.2) is 39.8 Å². The normalized spacial score (nSPS) is 18.3. The van der Waals surface area contributed by atoms with Gasteiger partial charge in [0.15, 0.2) is 0 Å². The zero-order valence-corrected chi connectivity index (χ0v) is 13.1. The Morgan fingerprint density at radius 1 is 1.41 bits per heavy atom. The van der Waals surface area contributed by atoms with E-state index in [4.69, 9.17) is 9.63 Å². The van der Waals surface area contributed by atoms with Crippen LogP contribution < -0.4 is 5.32 Å². The van der Waals surface area contributed by atoms with Crippen molar-refractivity contribution in [2.45, 2.75) is 58.5 Å². The minimum atomic E-state index is -0.818. The number of hydrogen-bond donors (Lipinski definition) is 2. The van der Waals surface area contributed by atoms with Crippen molar-refractivity contribution >= 4 is 12.0 Å². The number of hydrogen-bond acceptors (Lipinski definition) is 4. The molecule has 7 nitrogen and oxygen atoms in total. The molecule has 1 unspecified atom stereocenters. The Labute approximate surface area is 129 Å². The molecule has 1 aromatic heterocycles. The molecule has 22 heavy (non-hydrogen) atoms.